The SMILES string of the molecule is CCCNC(=O)C1CCC(=O)N(CCOC)C1c1ccc(C)cc1. The number of carbonyl (C=O) groups excluding carboxylic acids is 2. The molecule has 132 valence electrons. The Bertz CT molecular complexity index is 556. The Balaban J connectivity index is 2.31. The molecule has 1 saturated heterocycles. The van der Waals surface area contributed by atoms with Gasteiger partial charge in [-0.2, -0.15) is 0 Å². The minimum atomic E-state index is -0.223. The van der Waals surface area contributed by atoms with Crippen molar-refractivity contribution in [3.8, 4) is 0 Å². The molecule has 0 saturated carbocycles. The van der Waals surface area contributed by atoms with Crippen LogP contribution in [0.1, 0.15) is 43.4 Å². The van der Waals surface area contributed by atoms with Gasteiger partial charge in [-0.3, -0.25) is 9.59 Å². The fourth-order valence-corrected chi connectivity index (χ4v) is 3.24. The normalized spacial score (nSPS) is 21.0. The van der Waals surface area contributed by atoms with Crippen LogP contribution < -0.4 is 5.32 Å². The van der Waals surface area contributed by atoms with Crippen LogP contribution in [0.4, 0.5) is 0 Å². The minimum absolute atomic E-state index is 0.0392. The smallest absolute Gasteiger partial charge is 0.225 e. The summed E-state index contributed by atoms with van der Waals surface area (Å²) in [6.45, 7) is 5.71. The quantitative estimate of drug-likeness (QED) is 0.834. The van der Waals surface area contributed by atoms with Gasteiger partial charge in [0.1, 0.15) is 0 Å². The summed E-state index contributed by atoms with van der Waals surface area (Å²) in [5, 5.41) is 3.00. The van der Waals surface area contributed by atoms with Gasteiger partial charge in [-0.1, -0.05) is 36.8 Å². The Hall–Kier alpha value is -1.88. The standard InChI is InChI=1S/C19H28N2O3/c1-4-11-20-19(23)16-9-10-17(22)21(12-13-24-3)18(16)15-7-5-14(2)6-8-15/h5-8,16,18H,4,9-13H2,1-3H3,(H,20,23). The van der Waals surface area contributed by atoms with Gasteiger partial charge < -0.3 is 15.0 Å². The van der Waals surface area contributed by atoms with Crippen LogP contribution in [-0.2, 0) is 14.3 Å². The molecule has 1 N–H and O–H groups in total. The topological polar surface area (TPSA) is 58.6 Å². The summed E-state index contributed by atoms with van der Waals surface area (Å²) in [4.78, 5) is 26.9. The van der Waals surface area contributed by atoms with Gasteiger partial charge in [-0.15, -0.1) is 0 Å². The molecule has 2 rings (SSSR count). The first-order valence-corrected chi connectivity index (χ1v) is 8.71. The first-order valence-electron chi connectivity index (χ1n) is 8.71. The Labute approximate surface area is 144 Å². The molecule has 1 aromatic carbocycles. The van der Waals surface area contributed by atoms with E-state index >= 15 is 0 Å². The van der Waals surface area contributed by atoms with Crippen molar-refractivity contribution in [2.75, 3.05) is 26.8 Å². The molecule has 1 aliphatic heterocycles. The molecule has 24 heavy (non-hydrogen) atoms. The second-order valence-electron chi connectivity index (χ2n) is 6.37. The van der Waals surface area contributed by atoms with Crippen molar-refractivity contribution >= 4 is 11.8 Å². The number of hydrogen-bond acceptors (Lipinski definition) is 3. The van der Waals surface area contributed by atoms with Gasteiger partial charge in [0.15, 0.2) is 0 Å². The highest BCUT2D eigenvalue weighted by Crippen LogP contribution is 2.36. The fraction of sp³-hybridized carbons (Fsp3) is 0.579. The molecule has 2 unspecified atom stereocenters. The molecular weight excluding hydrogens is 304 g/mol. The van der Waals surface area contributed by atoms with Crippen LogP contribution in [0.5, 0.6) is 0 Å². The van der Waals surface area contributed by atoms with Crippen LogP contribution in [0, 0.1) is 12.8 Å². The molecule has 2 atom stereocenters. The summed E-state index contributed by atoms with van der Waals surface area (Å²) in [7, 11) is 1.63. The van der Waals surface area contributed by atoms with E-state index in [2.05, 4.69) is 5.32 Å². The number of likely N-dealkylation sites (tertiary alicyclic amines) is 1. The average molecular weight is 332 g/mol. The molecule has 2 amide bonds. The zero-order chi connectivity index (χ0) is 17.5. The monoisotopic (exact) mass is 332 g/mol. The molecule has 1 aliphatic rings. The molecule has 0 aromatic heterocycles. The first kappa shape index (κ1) is 18.5. The van der Waals surface area contributed by atoms with Crippen molar-refractivity contribution < 1.29 is 14.3 Å². The summed E-state index contributed by atoms with van der Waals surface area (Å²) in [6, 6.07) is 7.89. The van der Waals surface area contributed by atoms with Crippen molar-refractivity contribution in [3.63, 3.8) is 0 Å². The number of carbonyl (C=O) groups is 2. The summed E-state index contributed by atoms with van der Waals surface area (Å²) in [6.07, 6.45) is 1.91. The third kappa shape index (κ3) is 4.35. The minimum Gasteiger partial charge on any atom is -0.383 e. The Kier molecular flexibility index (Phi) is 6.79. The largest absolute Gasteiger partial charge is 0.383 e. The van der Waals surface area contributed by atoms with E-state index in [1.165, 1.54) is 0 Å². The molecule has 0 radical (unpaired) electrons. The number of benzene rings is 1. The van der Waals surface area contributed by atoms with Gasteiger partial charge in [0, 0.05) is 26.6 Å². The highest BCUT2D eigenvalue weighted by atomic mass is 16.5. The lowest BCUT2D eigenvalue weighted by Gasteiger charge is -2.40. The second kappa shape index (κ2) is 8.83. The van der Waals surface area contributed by atoms with Crippen molar-refractivity contribution in [2.45, 2.75) is 39.2 Å². The summed E-state index contributed by atoms with van der Waals surface area (Å²) >= 11 is 0. The van der Waals surface area contributed by atoms with E-state index in [4.69, 9.17) is 4.74 Å². The summed E-state index contributed by atoms with van der Waals surface area (Å²) < 4.78 is 5.16. The van der Waals surface area contributed by atoms with Crippen LogP contribution in [0.3, 0.4) is 0 Å². The van der Waals surface area contributed by atoms with Gasteiger partial charge >= 0.3 is 0 Å². The highest BCUT2D eigenvalue weighted by Gasteiger charge is 2.40. The number of piperidine rings is 1. The van der Waals surface area contributed by atoms with Crippen LogP contribution >= 0.6 is 0 Å². The number of amides is 2. The van der Waals surface area contributed by atoms with Gasteiger partial charge in [0.25, 0.3) is 0 Å². The predicted molar refractivity (Wildman–Crippen MR) is 93.5 cm³/mol. The Morgan fingerprint density at radius 3 is 2.67 bits per heavy atom. The molecule has 1 aromatic rings. The Morgan fingerprint density at radius 2 is 2.04 bits per heavy atom. The Morgan fingerprint density at radius 1 is 1.33 bits per heavy atom. The van der Waals surface area contributed by atoms with Crippen molar-refractivity contribution in [2.24, 2.45) is 5.92 Å². The highest BCUT2D eigenvalue weighted by molar-refractivity contribution is 5.85. The number of aryl methyl sites for hydroxylation is 1. The second-order valence-corrected chi connectivity index (χ2v) is 6.37. The average Bonchev–Trinajstić information content (AvgIpc) is 2.59. The maximum Gasteiger partial charge on any atom is 0.225 e. The van der Waals surface area contributed by atoms with Crippen LogP contribution in [0.2, 0.25) is 0 Å². The lowest BCUT2D eigenvalue weighted by Crippen LogP contribution is -2.49. The number of nitrogens with one attached hydrogen (secondary N) is 1. The van der Waals surface area contributed by atoms with Gasteiger partial charge in [0.05, 0.1) is 18.6 Å². The maximum atomic E-state index is 12.7. The number of nitrogens with zero attached hydrogens (tertiary/aromatic N) is 1. The van der Waals surface area contributed by atoms with Crippen LogP contribution in [-0.4, -0.2) is 43.5 Å². The van der Waals surface area contributed by atoms with Crippen LogP contribution in [0.15, 0.2) is 24.3 Å². The van der Waals surface area contributed by atoms with Gasteiger partial charge in [-0.05, 0) is 25.3 Å². The molecule has 0 bridgehead atoms. The van der Waals surface area contributed by atoms with E-state index in [9.17, 15) is 9.59 Å². The predicted octanol–water partition coefficient (Wildman–Crippen LogP) is 2.45. The molecule has 1 fully saturated rings. The molecule has 1 heterocycles. The van der Waals surface area contributed by atoms with E-state index < -0.39 is 0 Å². The first-order chi connectivity index (χ1) is 11.6. The number of rotatable bonds is 7. The van der Waals surface area contributed by atoms with Crippen LogP contribution in [0.25, 0.3) is 0 Å². The molecule has 0 spiro atoms. The lowest BCUT2D eigenvalue weighted by molar-refractivity contribution is -0.144. The third-order valence-electron chi connectivity index (χ3n) is 4.55. The van der Waals surface area contributed by atoms with E-state index in [1.807, 2.05) is 43.0 Å². The molecular formula is C19H28N2O3. The van der Waals surface area contributed by atoms with E-state index in [0.717, 1.165) is 17.5 Å². The lowest BCUT2D eigenvalue weighted by atomic mass is 9.83. The van der Waals surface area contributed by atoms with Gasteiger partial charge in [0.2, 0.25) is 11.8 Å². The maximum absolute atomic E-state index is 12.7. The number of methoxy groups -OCH3 is 1. The van der Waals surface area contributed by atoms with Crippen molar-refractivity contribution in [1.29, 1.82) is 0 Å². The van der Waals surface area contributed by atoms with E-state index in [-0.39, 0.29) is 23.8 Å². The van der Waals surface area contributed by atoms with Crippen molar-refractivity contribution in [1.82, 2.24) is 10.2 Å². The zero-order valence-corrected chi connectivity index (χ0v) is 14.9. The number of hydrogen-bond donors (Lipinski definition) is 1. The molecule has 5 heteroatoms. The zero-order valence-electron chi connectivity index (χ0n) is 14.9. The van der Waals surface area contributed by atoms with E-state index in [0.29, 0.717) is 32.5 Å². The molecule has 0 aliphatic carbocycles. The van der Waals surface area contributed by atoms with E-state index in [1.54, 1.807) is 7.11 Å². The molecule has 5 nitrogen and oxygen atoms in total. The summed E-state index contributed by atoms with van der Waals surface area (Å²) in [5.41, 5.74) is 2.18. The summed E-state index contributed by atoms with van der Waals surface area (Å²) in [5.74, 6) is -0.0803. The fourth-order valence-electron chi connectivity index (χ4n) is 3.24. The number of ether oxygens (including phenoxy) is 1. The third-order valence-corrected chi connectivity index (χ3v) is 4.55. The van der Waals surface area contributed by atoms with Crippen molar-refractivity contribution in [3.05, 3.63) is 35.4 Å². The van der Waals surface area contributed by atoms with Gasteiger partial charge in [-0.25, -0.2) is 0 Å².